The number of rotatable bonds is 5. The minimum absolute atomic E-state index is 0.0253. The van der Waals surface area contributed by atoms with Crippen molar-refractivity contribution in [3.05, 3.63) is 42.5 Å². The number of amides is 2. The average molecular weight is 397 g/mol. The van der Waals surface area contributed by atoms with Crippen molar-refractivity contribution in [1.82, 2.24) is 14.8 Å². The smallest absolute Gasteiger partial charge is 0.257 e. The van der Waals surface area contributed by atoms with Gasteiger partial charge in [0.05, 0.1) is 30.3 Å². The van der Waals surface area contributed by atoms with Gasteiger partial charge in [-0.15, -0.1) is 0 Å². The molecule has 2 aliphatic heterocycles. The van der Waals surface area contributed by atoms with Crippen molar-refractivity contribution in [2.45, 2.75) is 19.3 Å². The van der Waals surface area contributed by atoms with Gasteiger partial charge < -0.3 is 19.5 Å². The molecular formula is C21H27N5O3. The van der Waals surface area contributed by atoms with Gasteiger partial charge in [0.1, 0.15) is 12.1 Å². The predicted octanol–water partition coefficient (Wildman–Crippen LogP) is 2.06. The zero-order valence-corrected chi connectivity index (χ0v) is 16.5. The van der Waals surface area contributed by atoms with Gasteiger partial charge in [-0.3, -0.25) is 14.5 Å². The lowest BCUT2D eigenvalue weighted by Gasteiger charge is -2.34. The van der Waals surface area contributed by atoms with E-state index in [1.165, 1.54) is 31.8 Å². The monoisotopic (exact) mass is 397 g/mol. The van der Waals surface area contributed by atoms with Crippen LogP contribution in [0, 0.1) is 0 Å². The van der Waals surface area contributed by atoms with E-state index in [1.807, 2.05) is 12.1 Å². The zero-order chi connectivity index (χ0) is 20.1. The Kier molecular flexibility index (Phi) is 6.09. The number of pyridine rings is 1. The minimum Gasteiger partial charge on any atom is -0.472 e. The van der Waals surface area contributed by atoms with E-state index in [-0.39, 0.29) is 11.8 Å². The van der Waals surface area contributed by atoms with Crippen LogP contribution in [0.2, 0.25) is 0 Å². The number of carbonyl (C=O) groups is 2. The molecule has 4 rings (SSSR count). The summed E-state index contributed by atoms with van der Waals surface area (Å²) in [5.41, 5.74) is 1.28. The van der Waals surface area contributed by atoms with Crippen molar-refractivity contribution in [2.75, 3.05) is 56.0 Å². The maximum absolute atomic E-state index is 12.4. The fourth-order valence-corrected chi connectivity index (χ4v) is 3.85. The highest BCUT2D eigenvalue weighted by atomic mass is 16.3. The van der Waals surface area contributed by atoms with Crippen LogP contribution in [-0.4, -0.2) is 72.4 Å². The summed E-state index contributed by atoms with van der Waals surface area (Å²) in [7, 11) is 0. The molecule has 8 nitrogen and oxygen atoms in total. The summed E-state index contributed by atoms with van der Waals surface area (Å²) >= 11 is 0. The highest BCUT2D eigenvalue weighted by molar-refractivity contribution is 5.94. The van der Waals surface area contributed by atoms with Crippen molar-refractivity contribution in [3.8, 4) is 0 Å². The quantitative estimate of drug-likeness (QED) is 0.832. The molecule has 2 aromatic heterocycles. The second-order valence-corrected chi connectivity index (χ2v) is 7.58. The first-order valence-corrected chi connectivity index (χ1v) is 10.2. The molecule has 0 atom stereocenters. The number of hydrogen-bond acceptors (Lipinski definition) is 6. The van der Waals surface area contributed by atoms with Crippen molar-refractivity contribution in [1.29, 1.82) is 0 Å². The van der Waals surface area contributed by atoms with Gasteiger partial charge in [-0.1, -0.05) is 0 Å². The molecule has 2 aromatic rings. The molecular weight excluding hydrogens is 370 g/mol. The number of anilines is 2. The maximum atomic E-state index is 12.4. The first kappa shape index (κ1) is 19.4. The van der Waals surface area contributed by atoms with Gasteiger partial charge in [-0.25, -0.2) is 4.98 Å². The molecule has 1 N–H and O–H groups in total. The Morgan fingerprint density at radius 3 is 2.45 bits per heavy atom. The Morgan fingerprint density at radius 1 is 1.00 bits per heavy atom. The molecule has 0 radical (unpaired) electrons. The predicted molar refractivity (Wildman–Crippen MR) is 110 cm³/mol. The number of aromatic nitrogens is 1. The Labute approximate surface area is 170 Å². The third-order valence-electron chi connectivity index (χ3n) is 5.51. The lowest BCUT2D eigenvalue weighted by atomic mass is 10.1. The van der Waals surface area contributed by atoms with Gasteiger partial charge in [0.25, 0.3) is 5.91 Å². The Bertz CT molecular complexity index is 807. The Morgan fingerprint density at radius 2 is 1.79 bits per heavy atom. The number of hydrogen-bond donors (Lipinski definition) is 1. The van der Waals surface area contributed by atoms with Crippen molar-refractivity contribution in [2.24, 2.45) is 0 Å². The Balaban J connectivity index is 1.22. The third kappa shape index (κ3) is 4.95. The van der Waals surface area contributed by atoms with Crippen LogP contribution in [-0.2, 0) is 4.79 Å². The van der Waals surface area contributed by atoms with Crippen LogP contribution in [0.3, 0.4) is 0 Å². The highest BCUT2D eigenvalue weighted by Gasteiger charge is 2.24. The second-order valence-electron chi connectivity index (χ2n) is 7.58. The van der Waals surface area contributed by atoms with E-state index in [2.05, 4.69) is 20.1 Å². The number of piperidine rings is 1. The van der Waals surface area contributed by atoms with Crippen LogP contribution < -0.4 is 10.2 Å². The van der Waals surface area contributed by atoms with Gasteiger partial charge in [0.15, 0.2) is 0 Å². The van der Waals surface area contributed by atoms with Gasteiger partial charge in [-0.2, -0.15) is 0 Å². The molecule has 2 fully saturated rings. The fraction of sp³-hybridized carbons (Fsp3) is 0.476. The molecule has 0 aromatic carbocycles. The van der Waals surface area contributed by atoms with Crippen LogP contribution in [0.1, 0.15) is 29.6 Å². The summed E-state index contributed by atoms with van der Waals surface area (Å²) in [6, 6.07) is 5.56. The number of nitrogens with one attached hydrogen (secondary N) is 1. The minimum atomic E-state index is -0.0628. The van der Waals surface area contributed by atoms with Crippen molar-refractivity contribution in [3.63, 3.8) is 0 Å². The molecule has 0 aliphatic carbocycles. The normalized spacial score (nSPS) is 17.9. The van der Waals surface area contributed by atoms with E-state index < -0.39 is 0 Å². The van der Waals surface area contributed by atoms with E-state index in [1.54, 1.807) is 17.2 Å². The van der Waals surface area contributed by atoms with Gasteiger partial charge in [0, 0.05) is 39.3 Å². The molecule has 0 saturated carbocycles. The fourth-order valence-electron chi connectivity index (χ4n) is 3.85. The average Bonchev–Trinajstić information content (AvgIpc) is 3.30. The zero-order valence-electron chi connectivity index (χ0n) is 16.5. The molecule has 4 heterocycles. The molecule has 2 amide bonds. The molecule has 29 heavy (non-hydrogen) atoms. The van der Waals surface area contributed by atoms with E-state index in [4.69, 9.17) is 4.42 Å². The van der Waals surface area contributed by atoms with Crippen LogP contribution in [0.5, 0.6) is 0 Å². The van der Waals surface area contributed by atoms with Crippen LogP contribution in [0.4, 0.5) is 11.5 Å². The lowest BCUT2D eigenvalue weighted by molar-refractivity contribution is -0.117. The molecule has 2 aliphatic rings. The van der Waals surface area contributed by atoms with Gasteiger partial charge in [-0.05, 0) is 37.5 Å². The van der Waals surface area contributed by atoms with Crippen LogP contribution in [0.15, 0.2) is 41.3 Å². The first-order chi connectivity index (χ1) is 14.2. The summed E-state index contributed by atoms with van der Waals surface area (Å²) in [5.74, 6) is 0.885. The van der Waals surface area contributed by atoms with E-state index in [9.17, 15) is 9.59 Å². The molecule has 0 bridgehead atoms. The molecule has 0 unspecified atom stereocenters. The maximum Gasteiger partial charge on any atom is 0.257 e. The lowest BCUT2D eigenvalue weighted by Crippen LogP contribution is -2.50. The van der Waals surface area contributed by atoms with Crippen molar-refractivity contribution >= 4 is 23.3 Å². The Hall–Kier alpha value is -2.87. The summed E-state index contributed by atoms with van der Waals surface area (Å²) < 4.78 is 4.98. The van der Waals surface area contributed by atoms with Crippen LogP contribution >= 0.6 is 0 Å². The molecule has 0 spiro atoms. The molecule has 8 heteroatoms. The molecule has 2 saturated heterocycles. The van der Waals surface area contributed by atoms with Crippen molar-refractivity contribution < 1.29 is 14.0 Å². The summed E-state index contributed by atoms with van der Waals surface area (Å²) in [6.07, 6.45) is 8.40. The first-order valence-electron chi connectivity index (χ1n) is 10.2. The summed E-state index contributed by atoms with van der Waals surface area (Å²) in [4.78, 5) is 35.4. The number of carbonyl (C=O) groups excluding carboxylic acids is 2. The van der Waals surface area contributed by atoms with Gasteiger partial charge >= 0.3 is 0 Å². The van der Waals surface area contributed by atoms with E-state index in [0.29, 0.717) is 44.0 Å². The van der Waals surface area contributed by atoms with Gasteiger partial charge in [0.2, 0.25) is 5.91 Å². The third-order valence-corrected chi connectivity index (χ3v) is 5.51. The summed E-state index contributed by atoms with van der Waals surface area (Å²) in [5, 5.41) is 2.92. The second kappa shape index (κ2) is 9.09. The topological polar surface area (TPSA) is 81.9 Å². The van der Waals surface area contributed by atoms with E-state index >= 15 is 0 Å². The highest BCUT2D eigenvalue weighted by Crippen LogP contribution is 2.19. The summed E-state index contributed by atoms with van der Waals surface area (Å²) in [6.45, 7) is 4.95. The largest absolute Gasteiger partial charge is 0.472 e. The standard InChI is InChI=1S/C21H27N5O3/c27-20(23-18-4-5-19(22-14-18)25-7-2-1-3-8-25)15-24-9-11-26(12-10-24)21(28)17-6-13-29-16-17/h4-6,13-14,16H,1-3,7-12,15H2,(H,23,27). The van der Waals surface area contributed by atoms with Crippen LogP contribution in [0.25, 0.3) is 0 Å². The SMILES string of the molecule is O=C(CN1CCN(C(=O)c2ccoc2)CC1)Nc1ccc(N2CCCCC2)nc1. The van der Waals surface area contributed by atoms with E-state index in [0.717, 1.165) is 18.9 Å². The number of nitrogens with zero attached hydrogens (tertiary/aromatic N) is 4. The number of piperazine rings is 1. The molecule has 154 valence electrons. The number of furan rings is 1.